The number of nitrogens with zero attached hydrogens (tertiary/aromatic N) is 3. The number of anilines is 1. The van der Waals surface area contributed by atoms with Crippen LogP contribution in [0.2, 0.25) is 5.02 Å². The number of carbonyl (C=O) groups is 2. The number of para-hydroxylation sites is 1. The van der Waals surface area contributed by atoms with Crippen molar-refractivity contribution in [3.63, 3.8) is 0 Å². The molecule has 0 radical (unpaired) electrons. The average molecular weight is 474 g/mol. The number of carbonyl (C=O) groups excluding carboxylic acids is 2. The monoisotopic (exact) mass is 473 g/mol. The van der Waals surface area contributed by atoms with E-state index in [1.807, 2.05) is 4.57 Å². The Hall–Kier alpha value is -3.17. The van der Waals surface area contributed by atoms with E-state index in [4.69, 9.17) is 11.6 Å². The maximum absolute atomic E-state index is 13.7. The minimum absolute atomic E-state index is 0.0131. The third kappa shape index (κ3) is 6.18. The number of rotatable bonds is 10. The summed E-state index contributed by atoms with van der Waals surface area (Å²) in [5.41, 5.74) is 0.527. The molecule has 0 unspecified atom stereocenters. The van der Waals surface area contributed by atoms with E-state index in [1.165, 1.54) is 30.0 Å². The highest BCUT2D eigenvalue weighted by Crippen LogP contribution is 2.22. The highest BCUT2D eigenvalue weighted by atomic mass is 35.5. The Balaban J connectivity index is 1.57. The highest BCUT2D eigenvalue weighted by molar-refractivity contribution is 7.99. The van der Waals surface area contributed by atoms with E-state index in [0.717, 1.165) is 0 Å². The summed E-state index contributed by atoms with van der Waals surface area (Å²) < 4.78 is 15.5. The number of hydrogen-bond acceptors (Lipinski definition) is 5. The van der Waals surface area contributed by atoms with Gasteiger partial charge < -0.3 is 15.2 Å². The Morgan fingerprint density at radius 3 is 2.66 bits per heavy atom. The van der Waals surface area contributed by atoms with Crippen molar-refractivity contribution >= 4 is 40.9 Å². The molecular weight excluding hydrogens is 453 g/mol. The molecule has 0 aliphatic carbocycles. The smallest absolute Gasteiger partial charge is 0.254 e. The standard InChI is InChI=1S/C22H21ClFN5O2S/c1-2-13-29-19(11-12-25-21(31)15-7-3-5-9-17(15)24)27-28-22(29)32-14-20(30)26-18-10-6-4-8-16(18)23/h2-10H,1,11-14H2,(H,25,31)(H,26,30). The van der Waals surface area contributed by atoms with Gasteiger partial charge in [-0.1, -0.05) is 53.7 Å². The Kier molecular flexibility index (Phi) is 8.41. The van der Waals surface area contributed by atoms with Crippen LogP contribution in [-0.2, 0) is 17.8 Å². The molecule has 3 rings (SSSR count). The molecule has 0 fully saturated rings. The van der Waals surface area contributed by atoms with E-state index >= 15 is 0 Å². The van der Waals surface area contributed by atoms with Gasteiger partial charge in [0, 0.05) is 19.5 Å². The number of thioether (sulfide) groups is 1. The van der Waals surface area contributed by atoms with Crippen LogP contribution < -0.4 is 10.6 Å². The van der Waals surface area contributed by atoms with Gasteiger partial charge in [-0.15, -0.1) is 16.8 Å². The maximum atomic E-state index is 13.7. The molecule has 1 aromatic heterocycles. The average Bonchev–Trinajstić information content (AvgIpc) is 3.16. The van der Waals surface area contributed by atoms with E-state index in [9.17, 15) is 14.0 Å². The zero-order valence-corrected chi connectivity index (χ0v) is 18.6. The molecule has 0 saturated carbocycles. The Morgan fingerprint density at radius 2 is 1.91 bits per heavy atom. The van der Waals surface area contributed by atoms with Crippen LogP contribution in [0.15, 0.2) is 66.3 Å². The molecule has 7 nitrogen and oxygen atoms in total. The Bertz CT molecular complexity index is 1120. The van der Waals surface area contributed by atoms with Gasteiger partial charge in [-0.25, -0.2) is 4.39 Å². The fourth-order valence-corrected chi connectivity index (χ4v) is 3.78. The van der Waals surface area contributed by atoms with Crippen LogP contribution in [0.1, 0.15) is 16.2 Å². The number of nitrogens with one attached hydrogen (secondary N) is 2. The summed E-state index contributed by atoms with van der Waals surface area (Å²) in [5.74, 6) is -0.565. The molecule has 166 valence electrons. The summed E-state index contributed by atoms with van der Waals surface area (Å²) in [5, 5.41) is 14.8. The molecule has 3 aromatic rings. The van der Waals surface area contributed by atoms with E-state index in [-0.39, 0.29) is 23.8 Å². The number of aromatic nitrogens is 3. The van der Waals surface area contributed by atoms with E-state index in [1.54, 1.807) is 36.4 Å². The quantitative estimate of drug-likeness (QED) is 0.343. The molecule has 2 aromatic carbocycles. The van der Waals surface area contributed by atoms with Gasteiger partial charge in [-0.3, -0.25) is 9.59 Å². The summed E-state index contributed by atoms with van der Waals surface area (Å²) in [6.07, 6.45) is 2.08. The maximum Gasteiger partial charge on any atom is 0.254 e. The van der Waals surface area contributed by atoms with Crippen LogP contribution in [0.5, 0.6) is 0 Å². The predicted octanol–water partition coefficient (Wildman–Crippen LogP) is 3.96. The van der Waals surface area contributed by atoms with Crippen molar-refractivity contribution in [2.75, 3.05) is 17.6 Å². The first-order valence-electron chi connectivity index (χ1n) is 9.72. The summed E-state index contributed by atoms with van der Waals surface area (Å²) in [6.45, 7) is 4.44. The van der Waals surface area contributed by atoms with Crippen molar-refractivity contribution in [1.29, 1.82) is 0 Å². The van der Waals surface area contributed by atoms with Crippen molar-refractivity contribution in [3.05, 3.63) is 83.4 Å². The molecular formula is C22H21ClFN5O2S. The lowest BCUT2D eigenvalue weighted by Crippen LogP contribution is -2.27. The molecule has 0 bridgehead atoms. The molecule has 10 heteroatoms. The van der Waals surface area contributed by atoms with Gasteiger partial charge in [0.05, 0.1) is 22.0 Å². The van der Waals surface area contributed by atoms with E-state index < -0.39 is 11.7 Å². The minimum Gasteiger partial charge on any atom is -0.351 e. The van der Waals surface area contributed by atoms with Gasteiger partial charge in [-0.05, 0) is 24.3 Å². The molecule has 0 aliphatic rings. The zero-order valence-electron chi connectivity index (χ0n) is 17.1. The van der Waals surface area contributed by atoms with Crippen molar-refractivity contribution in [3.8, 4) is 0 Å². The Morgan fingerprint density at radius 1 is 1.16 bits per heavy atom. The third-order valence-corrected chi connectivity index (χ3v) is 5.63. The summed E-state index contributed by atoms with van der Waals surface area (Å²) >= 11 is 7.29. The second kappa shape index (κ2) is 11.4. The van der Waals surface area contributed by atoms with E-state index in [2.05, 4.69) is 27.4 Å². The van der Waals surface area contributed by atoms with Crippen LogP contribution in [0, 0.1) is 5.82 Å². The van der Waals surface area contributed by atoms with Gasteiger partial charge in [0.2, 0.25) is 5.91 Å². The summed E-state index contributed by atoms with van der Waals surface area (Å²) in [7, 11) is 0. The first-order valence-corrected chi connectivity index (χ1v) is 11.1. The van der Waals surface area contributed by atoms with Gasteiger partial charge in [-0.2, -0.15) is 0 Å². The molecule has 1 heterocycles. The summed E-state index contributed by atoms with van der Waals surface area (Å²) in [4.78, 5) is 24.4. The molecule has 2 N–H and O–H groups in total. The lowest BCUT2D eigenvalue weighted by Gasteiger charge is -2.09. The van der Waals surface area contributed by atoms with Gasteiger partial charge in [0.1, 0.15) is 11.6 Å². The normalized spacial score (nSPS) is 10.6. The number of allylic oxidation sites excluding steroid dienone is 1. The molecule has 2 amide bonds. The van der Waals surface area contributed by atoms with Crippen LogP contribution in [0.4, 0.5) is 10.1 Å². The van der Waals surface area contributed by atoms with Crippen LogP contribution in [0.25, 0.3) is 0 Å². The molecule has 0 atom stereocenters. The van der Waals surface area contributed by atoms with Crippen molar-refractivity contribution < 1.29 is 14.0 Å². The Labute approximate surface area is 194 Å². The second-order valence-corrected chi connectivity index (χ2v) is 7.95. The fourth-order valence-electron chi connectivity index (χ4n) is 2.83. The second-order valence-electron chi connectivity index (χ2n) is 6.60. The lowest BCUT2D eigenvalue weighted by molar-refractivity contribution is -0.113. The fraction of sp³-hybridized carbons (Fsp3) is 0.182. The van der Waals surface area contributed by atoms with Crippen molar-refractivity contribution in [1.82, 2.24) is 20.1 Å². The number of benzene rings is 2. The van der Waals surface area contributed by atoms with Gasteiger partial charge in [0.15, 0.2) is 5.16 Å². The van der Waals surface area contributed by atoms with E-state index in [0.29, 0.717) is 34.7 Å². The predicted molar refractivity (Wildman–Crippen MR) is 123 cm³/mol. The minimum atomic E-state index is -0.575. The third-order valence-electron chi connectivity index (χ3n) is 4.34. The first kappa shape index (κ1) is 23.5. The number of halogens is 2. The zero-order chi connectivity index (χ0) is 22.9. The van der Waals surface area contributed by atoms with Crippen molar-refractivity contribution in [2.24, 2.45) is 0 Å². The molecule has 0 spiro atoms. The largest absolute Gasteiger partial charge is 0.351 e. The van der Waals surface area contributed by atoms with Gasteiger partial charge in [0.25, 0.3) is 5.91 Å². The molecule has 0 saturated heterocycles. The summed E-state index contributed by atoms with van der Waals surface area (Å²) in [6, 6.07) is 12.8. The topological polar surface area (TPSA) is 88.9 Å². The number of amides is 2. The highest BCUT2D eigenvalue weighted by Gasteiger charge is 2.15. The molecule has 32 heavy (non-hydrogen) atoms. The lowest BCUT2D eigenvalue weighted by atomic mass is 10.2. The molecule has 0 aliphatic heterocycles. The van der Waals surface area contributed by atoms with Crippen LogP contribution in [0.3, 0.4) is 0 Å². The van der Waals surface area contributed by atoms with Crippen molar-refractivity contribution in [2.45, 2.75) is 18.1 Å². The first-order chi connectivity index (χ1) is 15.5. The number of hydrogen-bond donors (Lipinski definition) is 2. The SMILES string of the molecule is C=CCn1c(CCNC(=O)c2ccccc2F)nnc1SCC(=O)Nc1ccccc1Cl. The van der Waals surface area contributed by atoms with Crippen LogP contribution >= 0.6 is 23.4 Å². The van der Waals surface area contributed by atoms with Crippen LogP contribution in [-0.4, -0.2) is 38.9 Å². The van der Waals surface area contributed by atoms with Gasteiger partial charge >= 0.3 is 0 Å².